The van der Waals surface area contributed by atoms with Crippen LogP contribution in [-0.2, 0) is 4.79 Å². The van der Waals surface area contributed by atoms with Crippen LogP contribution in [0.4, 0.5) is 0 Å². The zero-order valence-electron chi connectivity index (χ0n) is 14.9. The lowest BCUT2D eigenvalue weighted by atomic mass is 9.90. The van der Waals surface area contributed by atoms with Crippen LogP contribution in [0.25, 0.3) is 6.08 Å². The summed E-state index contributed by atoms with van der Waals surface area (Å²) in [5.41, 5.74) is 2.07. The van der Waals surface area contributed by atoms with Crippen molar-refractivity contribution in [2.75, 3.05) is 20.8 Å². The lowest BCUT2D eigenvalue weighted by Gasteiger charge is -2.18. The van der Waals surface area contributed by atoms with Gasteiger partial charge in [0.2, 0.25) is 0 Å². The van der Waals surface area contributed by atoms with E-state index in [1.165, 1.54) is 26.4 Å². The maximum absolute atomic E-state index is 10.8. The molecule has 7 nitrogen and oxygen atoms in total. The summed E-state index contributed by atoms with van der Waals surface area (Å²) >= 11 is 0. The van der Waals surface area contributed by atoms with E-state index in [2.05, 4.69) is 0 Å². The second kappa shape index (κ2) is 7.59. The van der Waals surface area contributed by atoms with Gasteiger partial charge in [0.05, 0.1) is 26.7 Å². The largest absolute Gasteiger partial charge is 0.504 e. The second-order valence-electron chi connectivity index (χ2n) is 6.07. The van der Waals surface area contributed by atoms with E-state index < -0.39 is 12.1 Å². The topological polar surface area (TPSA) is 105 Å². The van der Waals surface area contributed by atoms with Gasteiger partial charge in [-0.1, -0.05) is 6.07 Å². The molecule has 0 unspecified atom stereocenters. The quantitative estimate of drug-likeness (QED) is 0.670. The third-order valence-corrected chi connectivity index (χ3v) is 4.48. The van der Waals surface area contributed by atoms with Gasteiger partial charge < -0.3 is 29.5 Å². The number of carboxylic acids is 1. The predicted octanol–water partition coefficient (Wildman–Crippen LogP) is 2.72. The molecule has 3 N–H and O–H groups in total. The molecule has 2 atom stereocenters. The molecular formula is C20H20O7. The molecule has 0 bridgehead atoms. The highest BCUT2D eigenvalue weighted by molar-refractivity contribution is 5.85. The summed E-state index contributed by atoms with van der Waals surface area (Å²) in [5.74, 6) is -0.179. The minimum Gasteiger partial charge on any atom is -0.504 e. The Labute approximate surface area is 156 Å². The SMILES string of the molecule is COc1cc([C@H]2Oc3c(OC)cc(C=CC(=O)O)cc3[C@H]2CO)ccc1O. The van der Waals surface area contributed by atoms with E-state index in [1.807, 2.05) is 0 Å². The molecule has 0 fully saturated rings. The molecule has 27 heavy (non-hydrogen) atoms. The molecule has 2 aromatic rings. The van der Waals surface area contributed by atoms with Crippen molar-refractivity contribution in [3.8, 4) is 23.0 Å². The number of aliphatic carboxylic acids is 1. The first-order chi connectivity index (χ1) is 13.0. The Hall–Kier alpha value is -3.19. The monoisotopic (exact) mass is 372 g/mol. The number of hydrogen-bond acceptors (Lipinski definition) is 6. The third kappa shape index (κ3) is 3.54. The van der Waals surface area contributed by atoms with E-state index in [0.29, 0.717) is 22.8 Å². The number of fused-ring (bicyclic) bond motifs is 1. The molecule has 0 saturated carbocycles. The number of methoxy groups -OCH3 is 2. The van der Waals surface area contributed by atoms with Gasteiger partial charge in [-0.05, 0) is 41.5 Å². The van der Waals surface area contributed by atoms with E-state index in [0.717, 1.165) is 17.2 Å². The number of ether oxygens (including phenoxy) is 3. The first kappa shape index (κ1) is 18.6. The normalized spacial score (nSPS) is 18.2. The van der Waals surface area contributed by atoms with E-state index in [1.54, 1.807) is 24.3 Å². The summed E-state index contributed by atoms with van der Waals surface area (Å²) in [6.45, 7) is -0.184. The molecule has 1 aliphatic rings. The number of rotatable bonds is 6. The molecule has 0 aromatic heterocycles. The van der Waals surface area contributed by atoms with Crippen LogP contribution in [0.1, 0.15) is 28.7 Å². The lowest BCUT2D eigenvalue weighted by Crippen LogP contribution is -2.13. The standard InChI is InChI=1S/C20H20O7/c1-25-16-9-12(4-5-15(16)22)19-14(10-21)13-7-11(3-6-18(23)24)8-17(26-2)20(13)27-19/h3-9,14,19,21-22H,10H2,1-2H3,(H,23,24)/t14-,19-/m1/s1. The number of aliphatic hydroxyl groups is 1. The van der Waals surface area contributed by atoms with E-state index in [4.69, 9.17) is 19.3 Å². The van der Waals surface area contributed by atoms with Crippen molar-refractivity contribution in [3.63, 3.8) is 0 Å². The maximum atomic E-state index is 10.8. The van der Waals surface area contributed by atoms with Gasteiger partial charge in [-0.15, -0.1) is 0 Å². The smallest absolute Gasteiger partial charge is 0.328 e. The van der Waals surface area contributed by atoms with Crippen LogP contribution in [0.2, 0.25) is 0 Å². The maximum Gasteiger partial charge on any atom is 0.328 e. The fourth-order valence-electron chi connectivity index (χ4n) is 3.20. The molecule has 0 saturated heterocycles. The Bertz CT molecular complexity index is 888. The van der Waals surface area contributed by atoms with Crippen LogP contribution in [0.3, 0.4) is 0 Å². The van der Waals surface area contributed by atoms with Crippen molar-refractivity contribution in [2.24, 2.45) is 0 Å². The number of hydrogen-bond donors (Lipinski definition) is 3. The number of benzene rings is 2. The van der Waals surface area contributed by atoms with Gasteiger partial charge in [-0.2, -0.15) is 0 Å². The van der Waals surface area contributed by atoms with Crippen LogP contribution < -0.4 is 14.2 Å². The van der Waals surface area contributed by atoms with Crippen molar-refractivity contribution >= 4 is 12.0 Å². The Morgan fingerprint density at radius 3 is 2.56 bits per heavy atom. The predicted molar refractivity (Wildman–Crippen MR) is 97.5 cm³/mol. The average molecular weight is 372 g/mol. The van der Waals surface area contributed by atoms with Gasteiger partial charge in [-0.25, -0.2) is 4.79 Å². The lowest BCUT2D eigenvalue weighted by molar-refractivity contribution is -0.131. The van der Waals surface area contributed by atoms with Gasteiger partial charge in [-0.3, -0.25) is 0 Å². The number of aromatic hydroxyl groups is 1. The zero-order valence-corrected chi connectivity index (χ0v) is 14.9. The minimum atomic E-state index is -1.06. The van der Waals surface area contributed by atoms with Crippen molar-refractivity contribution in [2.45, 2.75) is 12.0 Å². The highest BCUT2D eigenvalue weighted by atomic mass is 16.5. The van der Waals surface area contributed by atoms with Crippen LogP contribution in [0, 0.1) is 0 Å². The molecule has 7 heteroatoms. The van der Waals surface area contributed by atoms with Crippen LogP contribution in [0.5, 0.6) is 23.0 Å². The Morgan fingerprint density at radius 1 is 1.19 bits per heavy atom. The van der Waals surface area contributed by atoms with Crippen molar-refractivity contribution in [1.29, 1.82) is 0 Å². The number of carbonyl (C=O) groups is 1. The van der Waals surface area contributed by atoms with Crippen molar-refractivity contribution in [3.05, 3.63) is 53.1 Å². The van der Waals surface area contributed by atoms with E-state index >= 15 is 0 Å². The highest BCUT2D eigenvalue weighted by Crippen LogP contribution is 2.51. The first-order valence-electron chi connectivity index (χ1n) is 8.25. The van der Waals surface area contributed by atoms with Gasteiger partial charge in [0.15, 0.2) is 23.0 Å². The fourth-order valence-corrected chi connectivity index (χ4v) is 3.20. The summed E-state index contributed by atoms with van der Waals surface area (Å²) in [6, 6.07) is 8.32. The van der Waals surface area contributed by atoms with Gasteiger partial charge in [0.1, 0.15) is 6.10 Å². The van der Waals surface area contributed by atoms with Crippen LogP contribution in [-0.4, -0.2) is 42.1 Å². The Balaban J connectivity index is 2.04. The molecule has 1 heterocycles. The minimum absolute atomic E-state index is 0.0102. The van der Waals surface area contributed by atoms with Gasteiger partial charge >= 0.3 is 5.97 Å². The average Bonchev–Trinajstić information content (AvgIpc) is 3.04. The molecule has 0 radical (unpaired) electrons. The summed E-state index contributed by atoms with van der Waals surface area (Å²) < 4.78 is 16.6. The molecular weight excluding hydrogens is 352 g/mol. The molecule has 0 spiro atoms. The number of phenols is 1. The molecule has 0 amide bonds. The van der Waals surface area contributed by atoms with Gasteiger partial charge in [0.25, 0.3) is 0 Å². The molecule has 0 aliphatic carbocycles. The highest BCUT2D eigenvalue weighted by Gasteiger charge is 2.37. The van der Waals surface area contributed by atoms with Crippen molar-refractivity contribution < 1.29 is 34.3 Å². The second-order valence-corrected chi connectivity index (χ2v) is 6.07. The number of aliphatic hydroxyl groups excluding tert-OH is 1. The summed E-state index contributed by atoms with van der Waals surface area (Å²) in [4.78, 5) is 10.8. The summed E-state index contributed by atoms with van der Waals surface area (Å²) in [5, 5.41) is 28.6. The number of carboxylic acid groups (broad SMARTS) is 1. The van der Waals surface area contributed by atoms with Crippen molar-refractivity contribution in [1.82, 2.24) is 0 Å². The van der Waals surface area contributed by atoms with Gasteiger partial charge in [0, 0.05) is 11.6 Å². The Morgan fingerprint density at radius 2 is 1.93 bits per heavy atom. The van der Waals surface area contributed by atoms with E-state index in [9.17, 15) is 15.0 Å². The first-order valence-corrected chi connectivity index (χ1v) is 8.25. The summed E-state index contributed by atoms with van der Waals surface area (Å²) in [7, 11) is 2.95. The molecule has 142 valence electrons. The van der Waals surface area contributed by atoms with Crippen LogP contribution >= 0.6 is 0 Å². The Kier molecular flexibility index (Phi) is 5.23. The molecule has 2 aromatic carbocycles. The molecule has 1 aliphatic heterocycles. The zero-order chi connectivity index (χ0) is 19.6. The fraction of sp³-hybridized carbons (Fsp3) is 0.250. The molecule has 3 rings (SSSR count). The third-order valence-electron chi connectivity index (χ3n) is 4.48. The van der Waals surface area contributed by atoms with Crippen LogP contribution in [0.15, 0.2) is 36.4 Å². The van der Waals surface area contributed by atoms with E-state index in [-0.39, 0.29) is 18.3 Å². The number of phenolic OH excluding ortho intramolecular Hbond substituents is 1. The summed E-state index contributed by atoms with van der Waals surface area (Å²) in [6.07, 6.45) is 1.98.